The molecular formula is C12H15ClO3S. The minimum Gasteiger partial charge on any atom is -0.374 e. The first-order chi connectivity index (χ1) is 8.05. The van der Waals surface area contributed by atoms with Crippen LogP contribution in [0.3, 0.4) is 0 Å². The lowest BCUT2D eigenvalue weighted by Crippen LogP contribution is -2.07. The fourth-order valence-electron chi connectivity index (χ4n) is 2.02. The number of hydrogen-bond acceptors (Lipinski definition) is 3. The smallest absolute Gasteiger partial charge is 0.261 e. The molecule has 3 nitrogen and oxygen atoms in total. The van der Waals surface area contributed by atoms with Gasteiger partial charge in [0.1, 0.15) is 0 Å². The summed E-state index contributed by atoms with van der Waals surface area (Å²) in [6.45, 7) is 0.535. The molecule has 0 bridgehead atoms. The lowest BCUT2D eigenvalue weighted by molar-refractivity contribution is 0.0457. The van der Waals surface area contributed by atoms with Crippen molar-refractivity contribution in [1.29, 1.82) is 0 Å². The van der Waals surface area contributed by atoms with Gasteiger partial charge in [-0.05, 0) is 30.5 Å². The zero-order valence-electron chi connectivity index (χ0n) is 9.43. The summed E-state index contributed by atoms with van der Waals surface area (Å²) >= 11 is 0. The van der Waals surface area contributed by atoms with Crippen molar-refractivity contribution in [3.05, 3.63) is 29.8 Å². The summed E-state index contributed by atoms with van der Waals surface area (Å²) in [7, 11) is 1.61. The number of benzene rings is 1. The Morgan fingerprint density at radius 2 is 1.76 bits per heavy atom. The Hall–Kier alpha value is -0.580. The second-order valence-electron chi connectivity index (χ2n) is 4.30. The molecule has 1 saturated carbocycles. The van der Waals surface area contributed by atoms with Crippen LogP contribution in [-0.4, -0.2) is 14.5 Å². The van der Waals surface area contributed by atoms with Crippen molar-refractivity contribution in [2.24, 2.45) is 0 Å². The zero-order valence-corrected chi connectivity index (χ0v) is 11.0. The van der Waals surface area contributed by atoms with Crippen LogP contribution in [0.2, 0.25) is 0 Å². The molecule has 0 amide bonds. The predicted octanol–water partition coefficient (Wildman–Crippen LogP) is 3.07. The normalized spacial score (nSPS) is 17.5. The molecule has 0 N–H and O–H groups in total. The highest BCUT2D eigenvalue weighted by Gasteiger charge is 2.15. The Morgan fingerprint density at radius 3 is 2.29 bits per heavy atom. The molecule has 1 aromatic rings. The van der Waals surface area contributed by atoms with Gasteiger partial charge in [-0.25, -0.2) is 8.42 Å². The molecule has 0 radical (unpaired) electrons. The van der Waals surface area contributed by atoms with E-state index in [0.29, 0.717) is 12.7 Å². The molecule has 1 aromatic carbocycles. The van der Waals surface area contributed by atoms with Crippen molar-refractivity contribution >= 4 is 19.7 Å². The molecule has 5 heteroatoms. The second-order valence-corrected chi connectivity index (χ2v) is 6.87. The highest BCUT2D eigenvalue weighted by molar-refractivity contribution is 8.13. The van der Waals surface area contributed by atoms with Crippen LogP contribution >= 0.6 is 10.7 Å². The first kappa shape index (κ1) is 12.9. The summed E-state index contributed by atoms with van der Waals surface area (Å²) in [4.78, 5) is 0.129. The Kier molecular flexibility index (Phi) is 4.07. The van der Waals surface area contributed by atoms with Gasteiger partial charge in [0.15, 0.2) is 0 Å². The topological polar surface area (TPSA) is 43.4 Å². The van der Waals surface area contributed by atoms with Crippen LogP contribution in [0.5, 0.6) is 0 Å². The zero-order chi connectivity index (χ0) is 12.3. The van der Waals surface area contributed by atoms with E-state index in [0.717, 1.165) is 18.4 Å². The van der Waals surface area contributed by atoms with Gasteiger partial charge in [0.25, 0.3) is 9.05 Å². The van der Waals surface area contributed by atoms with Gasteiger partial charge in [0, 0.05) is 10.7 Å². The molecule has 0 atom stereocenters. The molecule has 1 fully saturated rings. The summed E-state index contributed by atoms with van der Waals surface area (Å²) in [5, 5.41) is 0. The van der Waals surface area contributed by atoms with Gasteiger partial charge in [-0.3, -0.25) is 0 Å². The minimum atomic E-state index is -3.62. The number of ether oxygens (including phenoxy) is 1. The standard InChI is InChI=1S/C12H15ClO3S/c13-17(14,15)12-7-5-10(6-8-12)9-16-11-3-1-2-4-11/h5-8,11H,1-4,9H2. The van der Waals surface area contributed by atoms with Crippen LogP contribution in [0.4, 0.5) is 0 Å². The van der Waals surface area contributed by atoms with Crippen LogP contribution in [0.15, 0.2) is 29.2 Å². The minimum absolute atomic E-state index is 0.129. The molecule has 0 aliphatic heterocycles. The third kappa shape index (κ3) is 3.69. The Morgan fingerprint density at radius 1 is 1.18 bits per heavy atom. The largest absolute Gasteiger partial charge is 0.374 e. The fourth-order valence-corrected chi connectivity index (χ4v) is 2.79. The molecule has 0 unspecified atom stereocenters. The molecule has 0 aromatic heterocycles. The molecular weight excluding hydrogens is 260 g/mol. The van der Waals surface area contributed by atoms with E-state index < -0.39 is 9.05 Å². The van der Waals surface area contributed by atoms with E-state index in [9.17, 15) is 8.42 Å². The van der Waals surface area contributed by atoms with Gasteiger partial charge < -0.3 is 4.74 Å². The van der Waals surface area contributed by atoms with Gasteiger partial charge in [0.2, 0.25) is 0 Å². The molecule has 0 spiro atoms. The van der Waals surface area contributed by atoms with Crippen molar-refractivity contribution in [3.63, 3.8) is 0 Å². The Bertz CT molecular complexity index is 461. The third-order valence-electron chi connectivity index (χ3n) is 2.99. The lowest BCUT2D eigenvalue weighted by Gasteiger charge is -2.10. The SMILES string of the molecule is O=S(=O)(Cl)c1ccc(COC2CCCC2)cc1. The van der Waals surface area contributed by atoms with Crippen molar-refractivity contribution in [1.82, 2.24) is 0 Å². The van der Waals surface area contributed by atoms with Crippen LogP contribution in [0.25, 0.3) is 0 Å². The van der Waals surface area contributed by atoms with Crippen molar-refractivity contribution in [2.75, 3.05) is 0 Å². The van der Waals surface area contributed by atoms with Crippen LogP contribution in [-0.2, 0) is 20.4 Å². The maximum absolute atomic E-state index is 11.0. The monoisotopic (exact) mass is 274 g/mol. The molecule has 1 aliphatic carbocycles. The molecule has 17 heavy (non-hydrogen) atoms. The summed E-state index contributed by atoms with van der Waals surface area (Å²) in [6.07, 6.45) is 5.12. The molecule has 94 valence electrons. The predicted molar refractivity (Wildman–Crippen MR) is 66.5 cm³/mol. The van der Waals surface area contributed by atoms with Crippen LogP contribution < -0.4 is 0 Å². The number of halogens is 1. The van der Waals surface area contributed by atoms with E-state index in [1.807, 2.05) is 0 Å². The van der Waals surface area contributed by atoms with Gasteiger partial charge in [-0.2, -0.15) is 0 Å². The van der Waals surface area contributed by atoms with Crippen molar-refractivity contribution in [2.45, 2.75) is 43.3 Å². The van der Waals surface area contributed by atoms with Crippen molar-refractivity contribution in [3.8, 4) is 0 Å². The van der Waals surface area contributed by atoms with Crippen molar-refractivity contribution < 1.29 is 13.2 Å². The van der Waals surface area contributed by atoms with E-state index in [2.05, 4.69) is 0 Å². The second kappa shape index (κ2) is 5.38. The average Bonchev–Trinajstić information content (AvgIpc) is 2.78. The Balaban J connectivity index is 1.94. The third-order valence-corrected chi connectivity index (χ3v) is 4.36. The Labute approximate surface area is 106 Å². The maximum Gasteiger partial charge on any atom is 0.261 e. The molecule has 1 aliphatic rings. The number of hydrogen-bond donors (Lipinski definition) is 0. The van der Waals surface area contributed by atoms with E-state index in [1.165, 1.54) is 25.0 Å². The highest BCUT2D eigenvalue weighted by Crippen LogP contribution is 2.22. The van der Waals surface area contributed by atoms with E-state index in [4.69, 9.17) is 15.4 Å². The van der Waals surface area contributed by atoms with E-state index >= 15 is 0 Å². The molecule has 0 heterocycles. The summed E-state index contributed by atoms with van der Waals surface area (Å²) < 4.78 is 27.8. The van der Waals surface area contributed by atoms with Gasteiger partial charge >= 0.3 is 0 Å². The van der Waals surface area contributed by atoms with E-state index in [1.54, 1.807) is 12.1 Å². The lowest BCUT2D eigenvalue weighted by atomic mass is 10.2. The quantitative estimate of drug-likeness (QED) is 0.793. The van der Waals surface area contributed by atoms with Gasteiger partial charge in [-0.15, -0.1) is 0 Å². The summed E-state index contributed by atoms with van der Waals surface area (Å²) in [5.74, 6) is 0. The summed E-state index contributed by atoms with van der Waals surface area (Å²) in [6, 6.07) is 6.50. The van der Waals surface area contributed by atoms with Gasteiger partial charge in [-0.1, -0.05) is 25.0 Å². The van der Waals surface area contributed by atoms with Gasteiger partial charge in [0.05, 0.1) is 17.6 Å². The first-order valence-corrected chi connectivity index (χ1v) is 8.02. The maximum atomic E-state index is 11.0. The molecule has 2 rings (SSSR count). The molecule has 0 saturated heterocycles. The highest BCUT2D eigenvalue weighted by atomic mass is 35.7. The fraction of sp³-hybridized carbons (Fsp3) is 0.500. The van der Waals surface area contributed by atoms with E-state index in [-0.39, 0.29) is 4.90 Å². The summed E-state index contributed by atoms with van der Waals surface area (Å²) in [5.41, 5.74) is 0.973. The average molecular weight is 275 g/mol. The first-order valence-electron chi connectivity index (χ1n) is 5.71. The van der Waals surface area contributed by atoms with Crippen LogP contribution in [0.1, 0.15) is 31.2 Å². The van der Waals surface area contributed by atoms with Crippen LogP contribution in [0, 0.1) is 0 Å². The number of rotatable bonds is 4.